The summed E-state index contributed by atoms with van der Waals surface area (Å²) >= 11 is 0. The van der Waals surface area contributed by atoms with E-state index in [1.165, 1.54) is 15.9 Å². The quantitative estimate of drug-likeness (QED) is 0.508. The minimum absolute atomic E-state index is 1.21. The molecule has 0 heterocycles. The molecular formula is C18H15BP. The van der Waals surface area contributed by atoms with Crippen molar-refractivity contribution in [1.29, 1.82) is 0 Å². The second-order valence-electron chi connectivity index (χ2n) is 4.73. The van der Waals surface area contributed by atoms with Crippen LogP contribution in [0.25, 0.3) is 0 Å². The molecule has 0 N–H and O–H groups in total. The monoisotopic (exact) mass is 273 g/mol. The smallest absolute Gasteiger partial charge is 0.0516 e. The summed E-state index contributed by atoms with van der Waals surface area (Å²) in [5.41, 5.74) is 0. The first-order valence-corrected chi connectivity index (χ1v) is 8.52. The third kappa shape index (κ3) is 2.30. The predicted molar refractivity (Wildman–Crippen MR) is 90.9 cm³/mol. The Morgan fingerprint density at radius 3 is 0.950 bits per heavy atom. The van der Waals surface area contributed by atoms with Gasteiger partial charge in [-0.2, -0.15) is 7.14 Å². The Kier molecular flexibility index (Phi) is 3.71. The van der Waals surface area contributed by atoms with Crippen molar-refractivity contribution in [3.63, 3.8) is 0 Å². The molecule has 0 amide bonds. The van der Waals surface area contributed by atoms with Crippen LogP contribution < -0.4 is 15.9 Å². The molecular weight excluding hydrogens is 258 g/mol. The zero-order valence-corrected chi connectivity index (χ0v) is 12.1. The second-order valence-corrected chi connectivity index (χ2v) is 7.72. The van der Waals surface area contributed by atoms with Crippen LogP contribution in [0.5, 0.6) is 0 Å². The van der Waals surface area contributed by atoms with Crippen LogP contribution in [-0.2, 0) is 0 Å². The van der Waals surface area contributed by atoms with Crippen LogP contribution in [0.2, 0.25) is 0 Å². The highest BCUT2D eigenvalue weighted by Crippen LogP contribution is 2.49. The van der Waals surface area contributed by atoms with Crippen molar-refractivity contribution in [2.24, 2.45) is 0 Å². The van der Waals surface area contributed by atoms with Gasteiger partial charge in [0.2, 0.25) is 0 Å². The van der Waals surface area contributed by atoms with Crippen LogP contribution in [0, 0.1) is 0 Å². The van der Waals surface area contributed by atoms with E-state index in [0.29, 0.717) is 0 Å². The first-order valence-electron chi connectivity index (χ1n) is 6.66. The average Bonchev–Trinajstić information content (AvgIpc) is 2.56. The van der Waals surface area contributed by atoms with Gasteiger partial charge < -0.3 is 0 Å². The first-order chi connectivity index (χ1) is 9.82. The van der Waals surface area contributed by atoms with E-state index in [9.17, 15) is 0 Å². The molecule has 0 aliphatic rings. The molecule has 3 aromatic rings. The zero-order valence-electron chi connectivity index (χ0n) is 11.2. The molecule has 0 aliphatic carbocycles. The van der Waals surface area contributed by atoms with Gasteiger partial charge in [-0.3, -0.25) is 7.57 Å². The minimum Gasteiger partial charge on any atom is -0.284 e. The molecule has 0 aromatic heterocycles. The largest absolute Gasteiger partial charge is 0.284 e. The minimum atomic E-state index is -2.03. The lowest BCUT2D eigenvalue weighted by Gasteiger charge is -2.36. The van der Waals surface area contributed by atoms with Gasteiger partial charge in [-0.25, -0.2) is 0 Å². The summed E-state index contributed by atoms with van der Waals surface area (Å²) in [6.07, 6.45) is 0. The highest BCUT2D eigenvalue weighted by atomic mass is 31.2. The van der Waals surface area contributed by atoms with Crippen LogP contribution in [-0.4, -0.2) is 7.57 Å². The average molecular weight is 273 g/mol. The maximum Gasteiger partial charge on any atom is 0.0516 e. The Balaban J connectivity index is 2.24. The summed E-state index contributed by atoms with van der Waals surface area (Å²) in [7, 11) is 4.95. The van der Waals surface area contributed by atoms with E-state index in [2.05, 4.69) is 72.8 Å². The third-order valence-electron chi connectivity index (χ3n) is 3.49. The number of benzene rings is 3. The van der Waals surface area contributed by atoms with Gasteiger partial charge in [-0.1, -0.05) is 54.6 Å². The van der Waals surface area contributed by atoms with Crippen molar-refractivity contribution in [3.05, 3.63) is 91.0 Å². The standard InChI is InChI=1S/C18H15BP/c19-20(16-10-4-1-5-11-16,17-12-6-2-7-13-17)18-14-8-3-9-15-18/h1-15H. The van der Waals surface area contributed by atoms with E-state index in [1.54, 1.807) is 0 Å². The van der Waals surface area contributed by atoms with E-state index >= 15 is 0 Å². The molecule has 3 rings (SSSR count). The molecule has 2 heteroatoms. The van der Waals surface area contributed by atoms with Crippen molar-refractivity contribution >= 4 is 30.6 Å². The number of hydrogen-bond acceptors (Lipinski definition) is 0. The summed E-state index contributed by atoms with van der Waals surface area (Å²) in [5, 5.41) is 3.62. The van der Waals surface area contributed by atoms with Gasteiger partial charge in [0.15, 0.2) is 0 Å². The number of rotatable bonds is 3. The molecule has 3 aromatic carbocycles. The van der Waals surface area contributed by atoms with E-state index in [4.69, 9.17) is 7.57 Å². The van der Waals surface area contributed by atoms with Crippen LogP contribution in [0.4, 0.5) is 0 Å². The fraction of sp³-hybridized carbons (Fsp3) is 0. The molecule has 0 saturated carbocycles. The lowest BCUT2D eigenvalue weighted by atomic mass is 10.3. The Bertz CT molecular complexity index is 569. The number of hydrogen-bond donors (Lipinski definition) is 0. The molecule has 0 spiro atoms. The Morgan fingerprint density at radius 1 is 0.450 bits per heavy atom. The summed E-state index contributed by atoms with van der Waals surface area (Å²) < 4.78 is 0. The molecule has 0 atom stereocenters. The predicted octanol–water partition coefficient (Wildman–Crippen LogP) is 3.06. The van der Waals surface area contributed by atoms with Gasteiger partial charge in [-0.05, 0) is 36.4 Å². The van der Waals surface area contributed by atoms with Gasteiger partial charge >= 0.3 is 0 Å². The highest BCUT2D eigenvalue weighted by molar-refractivity contribution is 8.13. The third-order valence-corrected chi connectivity index (χ3v) is 6.83. The molecule has 0 fully saturated rings. The van der Waals surface area contributed by atoms with Crippen LogP contribution in [0.3, 0.4) is 0 Å². The highest BCUT2D eigenvalue weighted by Gasteiger charge is 2.26. The fourth-order valence-corrected chi connectivity index (χ4v) is 5.26. The molecule has 3 radical (unpaired) electrons. The molecule has 0 bridgehead atoms. The van der Waals surface area contributed by atoms with E-state index in [-0.39, 0.29) is 0 Å². The van der Waals surface area contributed by atoms with Crippen LogP contribution in [0.15, 0.2) is 91.0 Å². The molecule has 0 unspecified atom stereocenters. The molecule has 0 nitrogen and oxygen atoms in total. The van der Waals surface area contributed by atoms with Gasteiger partial charge in [0.05, 0.1) is 15.9 Å². The molecule has 20 heavy (non-hydrogen) atoms. The van der Waals surface area contributed by atoms with Gasteiger partial charge in [-0.15, -0.1) is 0 Å². The van der Waals surface area contributed by atoms with Crippen molar-refractivity contribution < 1.29 is 0 Å². The lowest BCUT2D eigenvalue weighted by molar-refractivity contribution is 1.73. The zero-order chi connectivity index (χ0) is 13.8. The van der Waals surface area contributed by atoms with Gasteiger partial charge in [0, 0.05) is 0 Å². The van der Waals surface area contributed by atoms with Crippen molar-refractivity contribution in [2.75, 3.05) is 0 Å². The van der Waals surface area contributed by atoms with E-state index in [0.717, 1.165) is 0 Å². The Hall–Kier alpha value is -1.85. The van der Waals surface area contributed by atoms with Crippen LogP contribution >= 0.6 is 7.14 Å². The maximum absolute atomic E-state index is 6.97. The van der Waals surface area contributed by atoms with E-state index < -0.39 is 7.14 Å². The van der Waals surface area contributed by atoms with Crippen molar-refractivity contribution in [2.45, 2.75) is 0 Å². The SMILES string of the molecule is [B-][P+](c1ccccc1)(c1ccccc1)c1ccccc1. The molecule has 95 valence electrons. The summed E-state index contributed by atoms with van der Waals surface area (Å²) in [6.45, 7) is 0. The van der Waals surface area contributed by atoms with E-state index in [1.807, 2.05) is 18.2 Å². The van der Waals surface area contributed by atoms with Gasteiger partial charge in [0.1, 0.15) is 0 Å². The second kappa shape index (κ2) is 5.65. The van der Waals surface area contributed by atoms with Crippen molar-refractivity contribution in [3.8, 4) is 0 Å². The lowest BCUT2D eigenvalue weighted by Crippen LogP contribution is -2.31. The molecule has 0 aliphatic heterocycles. The van der Waals surface area contributed by atoms with Gasteiger partial charge in [0.25, 0.3) is 0 Å². The summed E-state index contributed by atoms with van der Waals surface area (Å²) in [4.78, 5) is 0. The Labute approximate surface area is 122 Å². The Morgan fingerprint density at radius 2 is 0.700 bits per heavy atom. The fourth-order valence-electron chi connectivity index (χ4n) is 2.44. The summed E-state index contributed by atoms with van der Waals surface area (Å²) in [6, 6.07) is 31.2. The normalized spacial score (nSPS) is 11.2. The summed E-state index contributed by atoms with van der Waals surface area (Å²) in [5.74, 6) is 0. The topological polar surface area (TPSA) is 0 Å². The van der Waals surface area contributed by atoms with Crippen LogP contribution in [0.1, 0.15) is 0 Å². The molecule has 0 saturated heterocycles. The first kappa shape index (κ1) is 13.2. The van der Waals surface area contributed by atoms with Crippen molar-refractivity contribution in [1.82, 2.24) is 0 Å². The maximum atomic E-state index is 6.97.